The molecule has 1 aliphatic rings. The Morgan fingerprint density at radius 3 is 3.00 bits per heavy atom. The highest BCUT2D eigenvalue weighted by atomic mass is 79.9. The minimum atomic E-state index is -2.52. The highest BCUT2D eigenvalue weighted by Crippen LogP contribution is 2.35. The number of thioether (sulfide) groups is 1. The van der Waals surface area contributed by atoms with Crippen LogP contribution in [0.2, 0.25) is 0 Å². The molecule has 0 saturated carbocycles. The van der Waals surface area contributed by atoms with Crippen LogP contribution in [-0.2, 0) is 6.42 Å². The van der Waals surface area contributed by atoms with Crippen molar-refractivity contribution in [1.29, 1.82) is 0 Å². The van der Waals surface area contributed by atoms with Gasteiger partial charge in [0.2, 0.25) is 0 Å². The van der Waals surface area contributed by atoms with Gasteiger partial charge >= 0.3 is 0 Å². The third-order valence-electron chi connectivity index (χ3n) is 3.54. The van der Waals surface area contributed by atoms with Gasteiger partial charge in [0.25, 0.3) is 11.7 Å². The van der Waals surface area contributed by atoms with Crippen LogP contribution < -0.4 is 5.32 Å². The Morgan fingerprint density at radius 1 is 1.41 bits per heavy atom. The summed E-state index contributed by atoms with van der Waals surface area (Å²) in [6, 6.07) is 7.52. The first-order valence-corrected chi connectivity index (χ1v) is 9.21. The van der Waals surface area contributed by atoms with E-state index in [1.165, 1.54) is 16.9 Å². The second-order valence-electron chi connectivity index (χ2n) is 4.90. The number of carbonyl (C=O) groups excluding carboxylic acids is 1. The summed E-state index contributed by atoms with van der Waals surface area (Å²) in [5.74, 6) is -2.80. The number of hydrogen-bond acceptors (Lipinski definition) is 3. The fraction of sp³-hybridized carbons (Fsp3) is 0.267. The number of carbonyl (C=O) groups is 1. The van der Waals surface area contributed by atoms with Crippen molar-refractivity contribution < 1.29 is 13.6 Å². The summed E-state index contributed by atoms with van der Waals surface area (Å²) >= 11 is 5.05. The molecule has 0 fully saturated rings. The van der Waals surface area contributed by atoms with E-state index < -0.39 is 5.76 Å². The zero-order valence-corrected chi connectivity index (χ0v) is 14.5. The molecule has 0 saturated heterocycles. The molecule has 1 heterocycles. The summed E-state index contributed by atoms with van der Waals surface area (Å²) in [6.45, 7) is 0. The number of aryl methyl sites for hydroxylation is 1. The van der Waals surface area contributed by atoms with Crippen LogP contribution >= 0.6 is 39.0 Å². The van der Waals surface area contributed by atoms with E-state index in [4.69, 9.17) is 0 Å². The molecular weight excluding hydrogens is 392 g/mol. The number of nitrogens with one attached hydrogen (secondary N) is 1. The molecule has 2 aromatic rings. The molecular formula is C15H12BrF2NOS2. The molecule has 7 heteroatoms. The number of hydrogen-bond donors (Lipinski definition) is 1. The average Bonchev–Trinajstić information content (AvgIpc) is 3.05. The van der Waals surface area contributed by atoms with Gasteiger partial charge in [0, 0.05) is 9.37 Å². The molecule has 0 spiro atoms. The number of alkyl halides is 2. The van der Waals surface area contributed by atoms with Gasteiger partial charge in [-0.25, -0.2) is 0 Å². The summed E-state index contributed by atoms with van der Waals surface area (Å²) in [4.78, 5) is 13.1. The van der Waals surface area contributed by atoms with Crippen LogP contribution in [0.15, 0.2) is 39.0 Å². The fourth-order valence-corrected chi connectivity index (χ4v) is 4.62. The topological polar surface area (TPSA) is 29.1 Å². The van der Waals surface area contributed by atoms with Crippen molar-refractivity contribution in [2.24, 2.45) is 0 Å². The standard InChI is InChI=1S/C15H12BrF2NOS2/c16-9-2-3-10-8(7-9)1-4-11(10)19-14(20)13-12(5-6-21-13)22-15(17)18/h2-3,5-7,11,15H,1,4H2,(H,19,20). The Bertz CT molecular complexity index is 705. The zero-order chi connectivity index (χ0) is 15.7. The first-order valence-electron chi connectivity index (χ1n) is 6.66. The summed E-state index contributed by atoms with van der Waals surface area (Å²) < 4.78 is 26.0. The Morgan fingerprint density at radius 2 is 2.23 bits per heavy atom. The second-order valence-corrected chi connectivity index (χ2v) is 7.76. The summed E-state index contributed by atoms with van der Waals surface area (Å²) in [5, 5.41) is 4.63. The lowest BCUT2D eigenvalue weighted by Crippen LogP contribution is -2.26. The largest absolute Gasteiger partial charge is 0.344 e. The van der Waals surface area contributed by atoms with Crippen LogP contribution in [0.4, 0.5) is 8.78 Å². The fourth-order valence-electron chi connectivity index (χ4n) is 2.61. The lowest BCUT2D eigenvalue weighted by molar-refractivity contribution is 0.0938. The Labute approximate surface area is 143 Å². The molecule has 1 aromatic carbocycles. The van der Waals surface area contributed by atoms with Crippen LogP contribution in [0.1, 0.15) is 33.3 Å². The molecule has 1 amide bonds. The molecule has 0 radical (unpaired) electrons. The van der Waals surface area contributed by atoms with Crippen molar-refractivity contribution in [3.8, 4) is 0 Å². The van der Waals surface area contributed by atoms with Crippen molar-refractivity contribution in [3.63, 3.8) is 0 Å². The highest BCUT2D eigenvalue weighted by Gasteiger charge is 2.26. The van der Waals surface area contributed by atoms with E-state index in [0.717, 1.165) is 22.9 Å². The molecule has 116 valence electrons. The summed E-state index contributed by atoms with van der Waals surface area (Å²) in [5.41, 5.74) is 2.32. The maximum absolute atomic E-state index is 12.5. The summed E-state index contributed by atoms with van der Waals surface area (Å²) in [7, 11) is 0. The normalized spacial score (nSPS) is 16.8. The van der Waals surface area contributed by atoms with Gasteiger partial charge in [-0.05, 0) is 47.5 Å². The number of benzene rings is 1. The van der Waals surface area contributed by atoms with Crippen LogP contribution in [-0.4, -0.2) is 11.7 Å². The van der Waals surface area contributed by atoms with Crippen LogP contribution in [0, 0.1) is 0 Å². The van der Waals surface area contributed by atoms with E-state index in [9.17, 15) is 13.6 Å². The van der Waals surface area contributed by atoms with Crippen LogP contribution in [0.25, 0.3) is 0 Å². The molecule has 1 aliphatic carbocycles. The highest BCUT2D eigenvalue weighted by molar-refractivity contribution is 9.10. The second kappa shape index (κ2) is 6.68. The van der Waals surface area contributed by atoms with Gasteiger partial charge in [0.15, 0.2) is 0 Å². The van der Waals surface area contributed by atoms with Crippen LogP contribution in [0.5, 0.6) is 0 Å². The van der Waals surface area contributed by atoms with Gasteiger partial charge in [-0.15, -0.1) is 11.3 Å². The van der Waals surface area contributed by atoms with E-state index in [-0.39, 0.29) is 11.9 Å². The Kier molecular flexibility index (Phi) is 4.84. The maximum Gasteiger partial charge on any atom is 0.288 e. The average molecular weight is 404 g/mol. The van der Waals surface area contributed by atoms with E-state index >= 15 is 0 Å². The minimum absolute atomic E-state index is 0.0536. The number of thiophene rings is 1. The third-order valence-corrected chi connectivity index (χ3v) is 5.85. The first-order chi connectivity index (χ1) is 10.5. The van der Waals surface area contributed by atoms with E-state index in [2.05, 4.69) is 27.3 Å². The maximum atomic E-state index is 12.5. The van der Waals surface area contributed by atoms with Crippen molar-refractivity contribution in [1.82, 2.24) is 5.32 Å². The molecule has 0 aliphatic heterocycles. The molecule has 22 heavy (non-hydrogen) atoms. The smallest absolute Gasteiger partial charge is 0.288 e. The van der Waals surface area contributed by atoms with E-state index in [1.54, 1.807) is 11.4 Å². The Balaban J connectivity index is 1.75. The number of fused-ring (bicyclic) bond motifs is 1. The van der Waals surface area contributed by atoms with Gasteiger partial charge in [-0.2, -0.15) is 8.78 Å². The van der Waals surface area contributed by atoms with Gasteiger partial charge in [-0.1, -0.05) is 33.8 Å². The quantitative estimate of drug-likeness (QED) is 0.706. The molecule has 1 aromatic heterocycles. The number of halogens is 3. The Hall–Kier alpha value is -0.920. The SMILES string of the molecule is O=C(NC1CCc2cc(Br)ccc21)c1sccc1SC(F)F. The van der Waals surface area contributed by atoms with Crippen LogP contribution in [0.3, 0.4) is 0 Å². The molecule has 3 rings (SSSR count). The van der Waals surface area contributed by atoms with Gasteiger partial charge in [-0.3, -0.25) is 4.79 Å². The summed E-state index contributed by atoms with van der Waals surface area (Å²) in [6.07, 6.45) is 1.74. The lowest BCUT2D eigenvalue weighted by Gasteiger charge is -2.14. The molecule has 0 bridgehead atoms. The number of rotatable bonds is 4. The minimum Gasteiger partial charge on any atom is -0.344 e. The lowest BCUT2D eigenvalue weighted by atomic mass is 10.1. The third kappa shape index (κ3) is 3.36. The van der Waals surface area contributed by atoms with Crippen molar-refractivity contribution in [2.75, 3.05) is 0 Å². The predicted molar refractivity (Wildman–Crippen MR) is 88.9 cm³/mol. The van der Waals surface area contributed by atoms with Gasteiger partial charge < -0.3 is 5.32 Å². The molecule has 2 nitrogen and oxygen atoms in total. The monoisotopic (exact) mass is 403 g/mol. The zero-order valence-electron chi connectivity index (χ0n) is 11.3. The molecule has 1 unspecified atom stereocenters. The van der Waals surface area contributed by atoms with E-state index in [1.807, 2.05) is 12.1 Å². The van der Waals surface area contributed by atoms with Gasteiger partial charge in [0.05, 0.1) is 6.04 Å². The molecule has 1 N–H and O–H groups in total. The van der Waals surface area contributed by atoms with Gasteiger partial charge in [0.1, 0.15) is 4.88 Å². The van der Waals surface area contributed by atoms with Crippen molar-refractivity contribution in [3.05, 3.63) is 50.1 Å². The van der Waals surface area contributed by atoms with Crippen molar-refractivity contribution in [2.45, 2.75) is 29.5 Å². The van der Waals surface area contributed by atoms with E-state index in [0.29, 0.717) is 21.5 Å². The first kappa shape index (κ1) is 16.0. The number of amides is 1. The van der Waals surface area contributed by atoms with Crippen molar-refractivity contribution >= 4 is 44.9 Å². The molecule has 1 atom stereocenters. The predicted octanol–water partition coefficient (Wildman–Crippen LogP) is 5.24.